The van der Waals surface area contributed by atoms with Crippen LogP contribution in [0.5, 0.6) is 0 Å². The zero-order chi connectivity index (χ0) is 20.6. The van der Waals surface area contributed by atoms with Crippen LogP contribution in [-0.4, -0.2) is 58.4 Å². The van der Waals surface area contributed by atoms with Gasteiger partial charge in [-0.05, 0) is 38.0 Å². The molecule has 0 aliphatic carbocycles. The predicted molar refractivity (Wildman–Crippen MR) is 111 cm³/mol. The molecule has 0 aromatic carbocycles. The Morgan fingerprint density at radius 1 is 1.31 bits per heavy atom. The number of hydrogen-bond donors (Lipinski definition) is 2. The third-order valence-electron chi connectivity index (χ3n) is 6.49. The summed E-state index contributed by atoms with van der Waals surface area (Å²) in [5.74, 6) is 2.03. The number of carbonyl (C=O) groups excluding carboxylic acids is 1. The molecule has 1 aromatic heterocycles. The van der Waals surface area contributed by atoms with E-state index in [1.54, 1.807) is 0 Å². The first-order valence-corrected chi connectivity index (χ1v) is 11.2. The zero-order valence-electron chi connectivity index (χ0n) is 17.9. The summed E-state index contributed by atoms with van der Waals surface area (Å²) in [7, 11) is 0. The van der Waals surface area contributed by atoms with E-state index in [2.05, 4.69) is 36.0 Å². The summed E-state index contributed by atoms with van der Waals surface area (Å²) in [5, 5.41) is 13.3. The fourth-order valence-corrected chi connectivity index (χ4v) is 5.00. The Hall–Kier alpha value is -1.73. The summed E-state index contributed by atoms with van der Waals surface area (Å²) in [6, 6.07) is 0. The molecule has 2 atom stereocenters. The molecule has 0 unspecified atom stereocenters. The summed E-state index contributed by atoms with van der Waals surface area (Å²) >= 11 is 0. The molecule has 29 heavy (non-hydrogen) atoms. The number of piperidine rings is 1. The fraction of sp³-hybridized carbons (Fsp3) is 0.773. The monoisotopic (exact) mass is 402 g/mol. The largest absolute Gasteiger partial charge is 0.393 e. The molecule has 7 heteroatoms. The van der Waals surface area contributed by atoms with E-state index in [0.29, 0.717) is 18.2 Å². The number of aromatic nitrogens is 2. The first-order valence-electron chi connectivity index (χ1n) is 11.2. The van der Waals surface area contributed by atoms with Gasteiger partial charge in [0.15, 0.2) is 0 Å². The van der Waals surface area contributed by atoms with Crippen LogP contribution >= 0.6 is 0 Å². The number of nitrogens with one attached hydrogen (secondary N) is 1. The van der Waals surface area contributed by atoms with Crippen molar-refractivity contribution in [3.63, 3.8) is 0 Å². The Bertz CT molecular complexity index is 759. The molecule has 1 aromatic rings. The van der Waals surface area contributed by atoms with Gasteiger partial charge in [-0.3, -0.25) is 4.79 Å². The molecular formula is C22H34N4O3. The minimum absolute atomic E-state index is 0.0853. The van der Waals surface area contributed by atoms with Gasteiger partial charge in [-0.1, -0.05) is 20.8 Å². The van der Waals surface area contributed by atoms with E-state index in [-0.39, 0.29) is 23.7 Å². The summed E-state index contributed by atoms with van der Waals surface area (Å²) in [6.07, 6.45) is 5.58. The molecule has 1 amide bonds. The maximum Gasteiger partial charge on any atom is 0.270 e. The number of anilines is 1. The second-order valence-electron chi connectivity index (χ2n) is 9.31. The summed E-state index contributed by atoms with van der Waals surface area (Å²) in [6.45, 7) is 8.70. The molecule has 160 valence electrons. The molecule has 1 spiro atoms. The SMILES string of the molecule is CC[C@H]1C[C@@H](O)CC2(CCN(c3nc(CC(C)C)nc4c3CCNC4=O)CC2)O1. The van der Waals surface area contributed by atoms with Crippen LogP contribution in [-0.2, 0) is 17.6 Å². The van der Waals surface area contributed by atoms with Gasteiger partial charge in [0.1, 0.15) is 17.3 Å². The molecule has 4 heterocycles. The first kappa shape index (κ1) is 20.5. The number of ether oxygens (including phenoxy) is 1. The van der Waals surface area contributed by atoms with Gasteiger partial charge in [-0.15, -0.1) is 0 Å². The van der Waals surface area contributed by atoms with Crippen molar-refractivity contribution in [2.75, 3.05) is 24.5 Å². The topological polar surface area (TPSA) is 87.6 Å². The van der Waals surface area contributed by atoms with Crippen LogP contribution in [0.25, 0.3) is 0 Å². The number of carbonyl (C=O) groups is 1. The third kappa shape index (κ3) is 4.26. The Balaban J connectivity index is 1.58. The van der Waals surface area contributed by atoms with Crippen LogP contribution in [0.4, 0.5) is 5.82 Å². The average molecular weight is 403 g/mol. The highest BCUT2D eigenvalue weighted by Gasteiger charge is 2.43. The van der Waals surface area contributed by atoms with Gasteiger partial charge in [0.2, 0.25) is 0 Å². The lowest BCUT2D eigenvalue weighted by molar-refractivity contribution is -0.171. The van der Waals surface area contributed by atoms with Crippen LogP contribution in [0.3, 0.4) is 0 Å². The Morgan fingerprint density at radius 2 is 2.07 bits per heavy atom. The van der Waals surface area contributed by atoms with Gasteiger partial charge < -0.3 is 20.1 Å². The molecule has 2 fully saturated rings. The van der Waals surface area contributed by atoms with Gasteiger partial charge in [-0.25, -0.2) is 9.97 Å². The fourth-order valence-electron chi connectivity index (χ4n) is 5.00. The lowest BCUT2D eigenvalue weighted by Crippen LogP contribution is -2.53. The van der Waals surface area contributed by atoms with Crippen molar-refractivity contribution < 1.29 is 14.6 Å². The van der Waals surface area contributed by atoms with Crippen molar-refractivity contribution in [1.29, 1.82) is 0 Å². The maximum absolute atomic E-state index is 12.4. The van der Waals surface area contributed by atoms with E-state index < -0.39 is 0 Å². The van der Waals surface area contributed by atoms with Crippen molar-refractivity contribution in [3.8, 4) is 0 Å². The van der Waals surface area contributed by atoms with Gasteiger partial charge >= 0.3 is 0 Å². The highest BCUT2D eigenvalue weighted by atomic mass is 16.5. The van der Waals surface area contributed by atoms with Crippen LogP contribution in [0.1, 0.15) is 74.8 Å². The molecule has 0 saturated carbocycles. The van der Waals surface area contributed by atoms with Crippen molar-refractivity contribution >= 4 is 11.7 Å². The maximum atomic E-state index is 12.4. The van der Waals surface area contributed by atoms with E-state index in [0.717, 1.165) is 75.2 Å². The molecular weight excluding hydrogens is 368 g/mol. The first-order chi connectivity index (χ1) is 13.9. The van der Waals surface area contributed by atoms with Crippen LogP contribution < -0.4 is 10.2 Å². The van der Waals surface area contributed by atoms with Gasteiger partial charge in [-0.2, -0.15) is 0 Å². The molecule has 3 aliphatic rings. The van der Waals surface area contributed by atoms with Crippen molar-refractivity contribution in [1.82, 2.24) is 15.3 Å². The van der Waals surface area contributed by atoms with Crippen LogP contribution in [0.15, 0.2) is 0 Å². The van der Waals surface area contributed by atoms with E-state index >= 15 is 0 Å². The van der Waals surface area contributed by atoms with Crippen LogP contribution in [0, 0.1) is 5.92 Å². The zero-order valence-corrected chi connectivity index (χ0v) is 17.9. The van der Waals surface area contributed by atoms with Crippen molar-refractivity contribution in [3.05, 3.63) is 17.1 Å². The molecule has 2 N–H and O–H groups in total. The summed E-state index contributed by atoms with van der Waals surface area (Å²) in [5.41, 5.74) is 1.31. The number of rotatable bonds is 4. The number of aliphatic hydroxyl groups is 1. The highest BCUT2D eigenvalue weighted by molar-refractivity contribution is 5.96. The number of amides is 1. The lowest BCUT2D eigenvalue weighted by Gasteiger charge is -2.48. The molecule has 0 radical (unpaired) electrons. The smallest absolute Gasteiger partial charge is 0.270 e. The average Bonchev–Trinajstić information content (AvgIpc) is 2.68. The number of hydrogen-bond acceptors (Lipinski definition) is 6. The van der Waals surface area contributed by atoms with Gasteiger partial charge in [0, 0.05) is 38.0 Å². The lowest BCUT2D eigenvalue weighted by atomic mass is 9.81. The van der Waals surface area contributed by atoms with E-state index in [9.17, 15) is 9.90 Å². The van der Waals surface area contributed by atoms with Gasteiger partial charge in [0.25, 0.3) is 5.91 Å². The predicted octanol–water partition coefficient (Wildman–Crippen LogP) is 2.25. The van der Waals surface area contributed by atoms with E-state index in [1.165, 1.54) is 0 Å². The van der Waals surface area contributed by atoms with Gasteiger partial charge in [0.05, 0.1) is 17.8 Å². The Kier molecular flexibility index (Phi) is 5.80. The standard InChI is InChI=1S/C22H34N4O3/c1-4-16-12-15(27)13-22(29-16)6-9-26(10-7-22)20-17-5-8-23-21(28)19(17)24-18(25-20)11-14(2)3/h14-16,27H,4-13H2,1-3H3,(H,23,28)/t15-,16+/m1/s1. The minimum Gasteiger partial charge on any atom is -0.393 e. The summed E-state index contributed by atoms with van der Waals surface area (Å²) in [4.78, 5) is 24.2. The van der Waals surface area contributed by atoms with E-state index in [1.807, 2.05) is 0 Å². The quantitative estimate of drug-likeness (QED) is 0.803. The van der Waals surface area contributed by atoms with E-state index in [4.69, 9.17) is 9.72 Å². The summed E-state index contributed by atoms with van der Waals surface area (Å²) < 4.78 is 6.44. The second kappa shape index (κ2) is 8.19. The Labute approximate surface area is 173 Å². The molecule has 3 aliphatic heterocycles. The molecule has 7 nitrogen and oxygen atoms in total. The highest BCUT2D eigenvalue weighted by Crippen LogP contribution is 2.39. The molecule has 0 bridgehead atoms. The number of fused-ring (bicyclic) bond motifs is 1. The molecule has 4 rings (SSSR count). The number of aliphatic hydroxyl groups excluding tert-OH is 1. The third-order valence-corrected chi connectivity index (χ3v) is 6.49. The second-order valence-corrected chi connectivity index (χ2v) is 9.31. The van der Waals surface area contributed by atoms with Crippen LogP contribution in [0.2, 0.25) is 0 Å². The Morgan fingerprint density at radius 3 is 2.76 bits per heavy atom. The van der Waals surface area contributed by atoms with Crippen molar-refractivity contribution in [2.24, 2.45) is 5.92 Å². The van der Waals surface area contributed by atoms with Crippen molar-refractivity contribution in [2.45, 2.75) is 83.5 Å². The molecule has 2 saturated heterocycles. The number of nitrogens with zero attached hydrogens (tertiary/aromatic N) is 3. The normalized spacial score (nSPS) is 26.5. The minimum atomic E-state index is -0.270.